The van der Waals surface area contributed by atoms with E-state index in [0.29, 0.717) is 18.2 Å². The Morgan fingerprint density at radius 3 is 2.29 bits per heavy atom. The largest absolute Gasteiger partial charge is 0.340 e. The number of benzene rings is 1. The van der Waals surface area contributed by atoms with Crippen LogP contribution in [0.15, 0.2) is 30.3 Å². The average molecular weight is 374 g/mol. The van der Waals surface area contributed by atoms with Crippen LogP contribution in [0.25, 0.3) is 0 Å². The van der Waals surface area contributed by atoms with Crippen LogP contribution in [0.3, 0.4) is 0 Å². The molecule has 1 aromatic carbocycles. The third-order valence-corrected chi connectivity index (χ3v) is 5.13. The maximum Gasteiger partial charge on any atom is 0.222 e. The zero-order valence-electron chi connectivity index (χ0n) is 14.1. The zero-order chi connectivity index (χ0) is 15.4. The Labute approximate surface area is 157 Å². The standard InChI is InChI=1S/C18H27N3O.2ClH/c19-17-8-4-7-16(17)13-18(22)21-11-9-20(10-12-21)14-15-5-2-1-3-6-15;;/h1-3,5-6,16-17H,4,7-14,19H2;2*1H/t16-,17+;;/m0../s1. The summed E-state index contributed by atoms with van der Waals surface area (Å²) < 4.78 is 0. The minimum atomic E-state index is 0. The van der Waals surface area contributed by atoms with Gasteiger partial charge in [-0.2, -0.15) is 0 Å². The van der Waals surface area contributed by atoms with Gasteiger partial charge in [-0.25, -0.2) is 0 Å². The number of carbonyl (C=O) groups is 1. The second-order valence-electron chi connectivity index (χ2n) is 6.70. The van der Waals surface area contributed by atoms with E-state index < -0.39 is 0 Å². The molecule has 1 aromatic rings. The van der Waals surface area contributed by atoms with Crippen LogP contribution in [0.1, 0.15) is 31.2 Å². The normalized spacial score (nSPS) is 24.1. The number of amides is 1. The highest BCUT2D eigenvalue weighted by molar-refractivity contribution is 5.85. The number of hydrogen-bond acceptors (Lipinski definition) is 3. The molecule has 3 rings (SSSR count). The molecule has 2 aliphatic rings. The number of nitrogens with zero attached hydrogens (tertiary/aromatic N) is 2. The van der Waals surface area contributed by atoms with E-state index >= 15 is 0 Å². The lowest BCUT2D eigenvalue weighted by Crippen LogP contribution is -2.49. The molecule has 0 radical (unpaired) electrons. The summed E-state index contributed by atoms with van der Waals surface area (Å²) in [4.78, 5) is 16.9. The third kappa shape index (κ3) is 5.62. The van der Waals surface area contributed by atoms with E-state index in [9.17, 15) is 4.79 Å². The summed E-state index contributed by atoms with van der Waals surface area (Å²) in [5.74, 6) is 0.719. The van der Waals surface area contributed by atoms with Crippen molar-refractivity contribution in [3.63, 3.8) is 0 Å². The molecule has 1 aliphatic heterocycles. The fourth-order valence-electron chi connectivity index (χ4n) is 3.67. The monoisotopic (exact) mass is 373 g/mol. The molecule has 6 heteroatoms. The zero-order valence-corrected chi connectivity index (χ0v) is 15.7. The van der Waals surface area contributed by atoms with Crippen LogP contribution in [0.2, 0.25) is 0 Å². The van der Waals surface area contributed by atoms with E-state index in [1.807, 2.05) is 11.0 Å². The highest BCUT2D eigenvalue weighted by Gasteiger charge is 2.29. The molecule has 136 valence electrons. The molecule has 0 unspecified atom stereocenters. The Kier molecular flexibility index (Phi) is 9.06. The van der Waals surface area contributed by atoms with Crippen molar-refractivity contribution < 1.29 is 4.79 Å². The van der Waals surface area contributed by atoms with Gasteiger partial charge in [0.15, 0.2) is 0 Å². The topological polar surface area (TPSA) is 49.6 Å². The fourth-order valence-corrected chi connectivity index (χ4v) is 3.67. The predicted octanol–water partition coefficient (Wildman–Crippen LogP) is 2.69. The van der Waals surface area contributed by atoms with Gasteiger partial charge in [0.1, 0.15) is 0 Å². The summed E-state index contributed by atoms with van der Waals surface area (Å²) >= 11 is 0. The lowest BCUT2D eigenvalue weighted by atomic mass is 9.99. The molecule has 2 N–H and O–H groups in total. The molecule has 1 amide bonds. The summed E-state index contributed by atoms with van der Waals surface area (Å²) in [7, 11) is 0. The van der Waals surface area contributed by atoms with Crippen LogP contribution in [0, 0.1) is 5.92 Å². The van der Waals surface area contributed by atoms with Gasteiger partial charge in [0.25, 0.3) is 0 Å². The summed E-state index contributed by atoms with van der Waals surface area (Å²) in [6.07, 6.45) is 4.05. The van der Waals surface area contributed by atoms with Gasteiger partial charge >= 0.3 is 0 Å². The van der Waals surface area contributed by atoms with Crippen molar-refractivity contribution in [3.05, 3.63) is 35.9 Å². The molecule has 2 atom stereocenters. The predicted molar refractivity (Wildman–Crippen MR) is 103 cm³/mol. The van der Waals surface area contributed by atoms with Crippen molar-refractivity contribution >= 4 is 30.7 Å². The first-order chi connectivity index (χ1) is 10.7. The van der Waals surface area contributed by atoms with Crippen LogP contribution in [0.4, 0.5) is 0 Å². The van der Waals surface area contributed by atoms with Gasteiger partial charge < -0.3 is 10.6 Å². The molecule has 4 nitrogen and oxygen atoms in total. The minimum Gasteiger partial charge on any atom is -0.340 e. The number of hydrogen-bond donors (Lipinski definition) is 1. The van der Waals surface area contributed by atoms with Crippen molar-refractivity contribution in [2.24, 2.45) is 11.7 Å². The number of rotatable bonds is 4. The molecule has 0 bridgehead atoms. The summed E-state index contributed by atoms with van der Waals surface area (Å²) in [5, 5.41) is 0. The number of nitrogens with two attached hydrogens (primary N) is 1. The smallest absolute Gasteiger partial charge is 0.222 e. The molecular weight excluding hydrogens is 345 g/mol. The lowest BCUT2D eigenvalue weighted by Gasteiger charge is -2.35. The van der Waals surface area contributed by atoms with E-state index in [1.54, 1.807) is 0 Å². The van der Waals surface area contributed by atoms with E-state index in [0.717, 1.165) is 45.6 Å². The molecule has 1 aliphatic carbocycles. The Morgan fingerprint density at radius 2 is 1.71 bits per heavy atom. The van der Waals surface area contributed by atoms with Crippen molar-refractivity contribution in [1.29, 1.82) is 0 Å². The molecule has 1 saturated heterocycles. The summed E-state index contributed by atoms with van der Waals surface area (Å²) in [6.45, 7) is 4.63. The SMILES string of the molecule is Cl.Cl.N[C@@H]1CCC[C@H]1CC(=O)N1CCN(Cc2ccccc2)CC1. The second-order valence-corrected chi connectivity index (χ2v) is 6.70. The number of piperazine rings is 1. The van der Waals surface area contributed by atoms with E-state index in [-0.39, 0.29) is 30.9 Å². The average Bonchev–Trinajstić information content (AvgIpc) is 2.94. The van der Waals surface area contributed by atoms with Gasteiger partial charge in [-0.15, -0.1) is 24.8 Å². The lowest BCUT2D eigenvalue weighted by molar-refractivity contribution is -0.134. The highest BCUT2D eigenvalue weighted by atomic mass is 35.5. The Morgan fingerprint density at radius 1 is 1.04 bits per heavy atom. The molecule has 1 heterocycles. The third-order valence-electron chi connectivity index (χ3n) is 5.13. The molecule has 1 saturated carbocycles. The van der Waals surface area contributed by atoms with Crippen LogP contribution in [0.5, 0.6) is 0 Å². The Balaban J connectivity index is 0.00000144. The summed E-state index contributed by atoms with van der Waals surface area (Å²) in [6, 6.07) is 10.8. The van der Waals surface area contributed by atoms with Crippen molar-refractivity contribution in [1.82, 2.24) is 9.80 Å². The van der Waals surface area contributed by atoms with Crippen molar-refractivity contribution in [2.45, 2.75) is 38.3 Å². The molecular formula is C18H29Cl2N3O. The molecule has 0 spiro atoms. The maximum absolute atomic E-state index is 12.4. The first-order valence-corrected chi connectivity index (χ1v) is 8.52. The van der Waals surface area contributed by atoms with Crippen LogP contribution in [-0.2, 0) is 11.3 Å². The minimum absolute atomic E-state index is 0. The Hall–Kier alpha value is -0.810. The van der Waals surface area contributed by atoms with Gasteiger partial charge in [-0.1, -0.05) is 36.8 Å². The first-order valence-electron chi connectivity index (χ1n) is 8.52. The van der Waals surface area contributed by atoms with Crippen LogP contribution < -0.4 is 5.73 Å². The van der Waals surface area contributed by atoms with E-state index in [1.165, 1.54) is 12.0 Å². The highest BCUT2D eigenvalue weighted by Crippen LogP contribution is 2.27. The van der Waals surface area contributed by atoms with E-state index in [4.69, 9.17) is 5.73 Å². The first kappa shape index (κ1) is 21.2. The van der Waals surface area contributed by atoms with Gasteiger partial charge in [0, 0.05) is 45.2 Å². The molecule has 2 fully saturated rings. The number of halogens is 2. The quantitative estimate of drug-likeness (QED) is 0.882. The van der Waals surface area contributed by atoms with Gasteiger partial charge in [0.2, 0.25) is 5.91 Å². The fraction of sp³-hybridized carbons (Fsp3) is 0.611. The van der Waals surface area contributed by atoms with Crippen LogP contribution in [-0.4, -0.2) is 47.9 Å². The van der Waals surface area contributed by atoms with Crippen molar-refractivity contribution in [3.8, 4) is 0 Å². The van der Waals surface area contributed by atoms with Crippen molar-refractivity contribution in [2.75, 3.05) is 26.2 Å². The van der Waals surface area contributed by atoms with Gasteiger partial charge in [-0.05, 0) is 24.3 Å². The summed E-state index contributed by atoms with van der Waals surface area (Å²) in [5.41, 5.74) is 7.43. The number of carbonyl (C=O) groups excluding carboxylic acids is 1. The Bertz CT molecular complexity index is 492. The molecule has 24 heavy (non-hydrogen) atoms. The van der Waals surface area contributed by atoms with Gasteiger partial charge in [-0.3, -0.25) is 9.69 Å². The van der Waals surface area contributed by atoms with Crippen LogP contribution >= 0.6 is 24.8 Å². The van der Waals surface area contributed by atoms with Gasteiger partial charge in [0.05, 0.1) is 0 Å². The maximum atomic E-state index is 12.4. The van der Waals surface area contributed by atoms with E-state index in [2.05, 4.69) is 29.2 Å². The molecule has 0 aromatic heterocycles. The second kappa shape index (κ2) is 10.2.